The number of carbonyl (C=O) groups is 1. The van der Waals surface area contributed by atoms with E-state index in [2.05, 4.69) is 5.32 Å². The molecular weight excluding hydrogens is 389 g/mol. The third kappa shape index (κ3) is 2.81. The predicted molar refractivity (Wildman–Crippen MR) is 97.8 cm³/mol. The molecule has 8 nitrogen and oxygen atoms in total. The fourth-order valence-electron chi connectivity index (χ4n) is 5.05. The van der Waals surface area contributed by atoms with Crippen LogP contribution in [0.2, 0.25) is 0 Å². The molecule has 0 radical (unpaired) electrons. The van der Waals surface area contributed by atoms with E-state index < -0.39 is 39.9 Å². The zero-order valence-corrected chi connectivity index (χ0v) is 16.0. The van der Waals surface area contributed by atoms with Gasteiger partial charge in [0.2, 0.25) is 0 Å². The number of hydrogen-bond acceptors (Lipinski definition) is 6. The molecule has 0 spiro atoms. The minimum atomic E-state index is -4.22. The van der Waals surface area contributed by atoms with Crippen molar-refractivity contribution < 1.29 is 27.4 Å². The van der Waals surface area contributed by atoms with Crippen LogP contribution < -0.4 is 19.1 Å². The van der Waals surface area contributed by atoms with Gasteiger partial charge in [0.15, 0.2) is 5.82 Å². The number of benzene rings is 1. The zero-order chi connectivity index (χ0) is 19.6. The molecule has 1 saturated heterocycles. The van der Waals surface area contributed by atoms with Gasteiger partial charge in [0.05, 0.1) is 0 Å². The molecule has 3 unspecified atom stereocenters. The minimum absolute atomic E-state index is 0.0874. The van der Waals surface area contributed by atoms with Gasteiger partial charge < -0.3 is 15.2 Å². The van der Waals surface area contributed by atoms with Gasteiger partial charge in [-0.3, -0.25) is 4.79 Å². The summed E-state index contributed by atoms with van der Waals surface area (Å²) in [5.74, 6) is 0.337. The highest BCUT2D eigenvalue weighted by Gasteiger charge is 2.52. The first kappa shape index (κ1) is 18.0. The van der Waals surface area contributed by atoms with Crippen LogP contribution in [0.25, 0.3) is 0 Å². The first-order chi connectivity index (χ1) is 13.3. The van der Waals surface area contributed by atoms with Crippen molar-refractivity contribution in [3.05, 3.63) is 17.4 Å². The Bertz CT molecular complexity index is 943. The molecular formula is C18H22FN3O5S. The van der Waals surface area contributed by atoms with Crippen molar-refractivity contribution in [2.75, 3.05) is 24.0 Å². The molecule has 10 heteroatoms. The molecule has 0 aromatic heterocycles. The Morgan fingerprint density at radius 2 is 2.11 bits per heavy atom. The molecule has 1 amide bonds. The van der Waals surface area contributed by atoms with Crippen molar-refractivity contribution in [2.45, 2.75) is 31.7 Å². The van der Waals surface area contributed by atoms with Gasteiger partial charge in [0.1, 0.15) is 30.3 Å². The quantitative estimate of drug-likeness (QED) is 0.672. The van der Waals surface area contributed by atoms with E-state index in [1.165, 1.54) is 25.3 Å². The van der Waals surface area contributed by atoms with Crippen LogP contribution in [-0.2, 0) is 21.4 Å². The molecule has 28 heavy (non-hydrogen) atoms. The summed E-state index contributed by atoms with van der Waals surface area (Å²) in [6.45, 7) is 0.665. The number of phenols is 1. The maximum Gasteiger partial charge on any atom is 0.326 e. The Morgan fingerprint density at radius 1 is 1.36 bits per heavy atom. The van der Waals surface area contributed by atoms with E-state index in [1.807, 2.05) is 0 Å². The monoisotopic (exact) mass is 411 g/mol. The number of amides is 1. The summed E-state index contributed by atoms with van der Waals surface area (Å²) in [5.41, 5.74) is -0.305. The molecule has 5 rings (SSSR count). The third-order valence-electron chi connectivity index (χ3n) is 6.47. The van der Waals surface area contributed by atoms with Crippen molar-refractivity contribution in [1.29, 1.82) is 0 Å². The van der Waals surface area contributed by atoms with Crippen LogP contribution in [-0.4, -0.2) is 45.2 Å². The van der Waals surface area contributed by atoms with Crippen molar-refractivity contribution in [3.8, 4) is 11.5 Å². The summed E-state index contributed by atoms with van der Waals surface area (Å²) in [4.78, 5) is 11.5. The van der Waals surface area contributed by atoms with E-state index >= 15 is 4.39 Å². The summed E-state index contributed by atoms with van der Waals surface area (Å²) in [6.07, 6.45) is 4.25. The van der Waals surface area contributed by atoms with Crippen molar-refractivity contribution >= 4 is 21.8 Å². The molecule has 4 aliphatic rings. The van der Waals surface area contributed by atoms with E-state index in [0.717, 1.165) is 18.4 Å². The maximum absolute atomic E-state index is 15.2. The van der Waals surface area contributed by atoms with Crippen LogP contribution in [0.3, 0.4) is 0 Å². The Labute approximate surface area is 162 Å². The van der Waals surface area contributed by atoms with Crippen LogP contribution in [0.4, 0.5) is 10.1 Å². The highest BCUT2D eigenvalue weighted by molar-refractivity contribution is 7.92. The molecule has 3 fully saturated rings. The van der Waals surface area contributed by atoms with Crippen LogP contribution in [0.15, 0.2) is 6.07 Å². The van der Waals surface area contributed by atoms with Gasteiger partial charge in [-0.15, -0.1) is 0 Å². The highest BCUT2D eigenvalue weighted by Crippen LogP contribution is 2.57. The number of phenolic OH excluding ortho intramolecular Hbond substituents is 1. The first-order valence-electron chi connectivity index (χ1n) is 9.59. The first-order valence-corrected chi connectivity index (χ1v) is 11.0. The average Bonchev–Trinajstić information content (AvgIpc) is 2.94. The highest BCUT2D eigenvalue weighted by atomic mass is 32.2. The molecule has 2 saturated carbocycles. The number of anilines is 1. The number of nitrogens with zero attached hydrogens (tertiary/aromatic N) is 1. The zero-order valence-electron chi connectivity index (χ0n) is 15.2. The van der Waals surface area contributed by atoms with Gasteiger partial charge in [-0.2, -0.15) is 8.42 Å². The lowest BCUT2D eigenvalue weighted by atomic mass is 10.00. The number of ether oxygens (including phenoxy) is 1. The second-order valence-electron chi connectivity index (χ2n) is 8.11. The number of rotatable bonds is 4. The van der Waals surface area contributed by atoms with Crippen LogP contribution in [0, 0.1) is 23.6 Å². The Morgan fingerprint density at radius 3 is 2.79 bits per heavy atom. The largest absolute Gasteiger partial charge is 0.505 e. The molecule has 3 N–H and O–H groups in total. The number of aromatic hydroxyl groups is 1. The normalized spacial score (nSPS) is 32.5. The molecule has 2 heterocycles. The van der Waals surface area contributed by atoms with E-state index in [-0.39, 0.29) is 17.4 Å². The molecule has 3 atom stereocenters. The number of fused-ring (bicyclic) bond motifs is 2. The second kappa shape index (κ2) is 6.21. The summed E-state index contributed by atoms with van der Waals surface area (Å²) >= 11 is 0. The SMILES string of the molecule is O=C1CN(c2c(O)cc3c(c2F)CC(NCC2C4CCCC42)CO3)S(=O)(=O)N1. The fourth-order valence-corrected chi connectivity index (χ4v) is 6.21. The Hall–Kier alpha value is -2.07. The minimum Gasteiger partial charge on any atom is -0.505 e. The Kier molecular flexibility index (Phi) is 3.99. The van der Waals surface area contributed by atoms with Crippen molar-refractivity contribution in [2.24, 2.45) is 17.8 Å². The van der Waals surface area contributed by atoms with Crippen LogP contribution in [0.5, 0.6) is 11.5 Å². The van der Waals surface area contributed by atoms with E-state index in [0.29, 0.717) is 23.3 Å². The number of hydrogen-bond donors (Lipinski definition) is 3. The van der Waals surface area contributed by atoms with Crippen molar-refractivity contribution in [1.82, 2.24) is 10.0 Å². The van der Waals surface area contributed by atoms with Crippen LogP contribution in [0.1, 0.15) is 24.8 Å². The number of carbonyl (C=O) groups excluding carboxylic acids is 1. The smallest absolute Gasteiger partial charge is 0.326 e. The summed E-state index contributed by atoms with van der Waals surface area (Å²) in [7, 11) is -4.22. The Balaban J connectivity index is 1.36. The molecule has 2 aliphatic heterocycles. The van der Waals surface area contributed by atoms with E-state index in [9.17, 15) is 18.3 Å². The molecule has 1 aromatic carbocycles. The van der Waals surface area contributed by atoms with Gasteiger partial charge in [-0.05, 0) is 43.6 Å². The van der Waals surface area contributed by atoms with Gasteiger partial charge in [-0.1, -0.05) is 6.42 Å². The maximum atomic E-state index is 15.2. The van der Waals surface area contributed by atoms with E-state index in [1.54, 1.807) is 4.72 Å². The standard InChI is InChI=1S/C18H22FN3O5S/c19-17-12-4-9(20-6-13-10-2-1-3-11(10)13)8-27-15(12)5-14(23)18(17)22-7-16(24)21-28(22,25)26/h5,9-11,13,20,23H,1-4,6-8H2,(H,21,24). The lowest BCUT2D eigenvalue weighted by Gasteiger charge is -2.29. The summed E-state index contributed by atoms with van der Waals surface area (Å²) < 4.78 is 47.3. The average molecular weight is 411 g/mol. The summed E-state index contributed by atoms with van der Waals surface area (Å²) in [6, 6.07) is 1.13. The van der Waals surface area contributed by atoms with Crippen molar-refractivity contribution in [3.63, 3.8) is 0 Å². The summed E-state index contributed by atoms with van der Waals surface area (Å²) in [5, 5.41) is 13.6. The van der Waals surface area contributed by atoms with E-state index in [4.69, 9.17) is 4.74 Å². The second-order valence-corrected chi connectivity index (χ2v) is 9.71. The lowest BCUT2D eigenvalue weighted by Crippen LogP contribution is -2.41. The molecule has 1 aromatic rings. The number of halogens is 1. The predicted octanol–water partition coefficient (Wildman–Crippen LogP) is 0.651. The lowest BCUT2D eigenvalue weighted by molar-refractivity contribution is -0.117. The van der Waals surface area contributed by atoms with Gasteiger partial charge >= 0.3 is 10.2 Å². The molecule has 2 aliphatic carbocycles. The van der Waals surface area contributed by atoms with Gasteiger partial charge in [0, 0.05) is 17.7 Å². The third-order valence-corrected chi connectivity index (χ3v) is 7.84. The van der Waals surface area contributed by atoms with Gasteiger partial charge in [0.25, 0.3) is 5.91 Å². The fraction of sp³-hybridized carbons (Fsp3) is 0.611. The van der Waals surface area contributed by atoms with Gasteiger partial charge in [-0.25, -0.2) is 13.4 Å². The molecule has 152 valence electrons. The topological polar surface area (TPSA) is 108 Å². The molecule has 0 bridgehead atoms. The van der Waals surface area contributed by atoms with Crippen LogP contribution >= 0.6 is 0 Å². The number of nitrogens with one attached hydrogen (secondary N) is 2.